The Hall–Kier alpha value is -2.75. The molecule has 0 bridgehead atoms. The number of nitrogens with one attached hydrogen (secondary N) is 1. The highest BCUT2D eigenvalue weighted by atomic mass is 79.9. The number of hydrogen-bond donors (Lipinski definition) is 1. The first kappa shape index (κ1) is 24.4. The predicted molar refractivity (Wildman–Crippen MR) is 135 cm³/mol. The smallest absolute Gasteiger partial charge is 0.255 e. The van der Waals surface area contributed by atoms with Crippen LogP contribution in [0.3, 0.4) is 0 Å². The highest BCUT2D eigenvalue weighted by Crippen LogP contribution is 2.27. The quantitative estimate of drug-likeness (QED) is 0.491. The zero-order valence-electron chi connectivity index (χ0n) is 18.9. The van der Waals surface area contributed by atoms with Gasteiger partial charge in [-0.3, -0.25) is 4.79 Å². The van der Waals surface area contributed by atoms with Gasteiger partial charge in [0.2, 0.25) is 10.0 Å². The lowest BCUT2D eigenvalue weighted by Gasteiger charge is -2.36. The Morgan fingerprint density at radius 3 is 2.32 bits per heavy atom. The van der Waals surface area contributed by atoms with Crippen molar-refractivity contribution in [1.29, 1.82) is 0 Å². The number of carbonyl (C=O) groups excluding carboxylic acids is 1. The standard InChI is InChI=1S/C25H25BrFN3O3S/c1-17-4-3-5-23(18(17)2)29-12-14-30(15-13-29)34(32,33)24-16-19(6-11-22(24)27)25(31)28-21-9-7-20(26)8-10-21/h3-11,16H,12-15H2,1-2H3,(H,28,31). The van der Waals surface area contributed by atoms with E-state index in [1.807, 2.05) is 32.0 Å². The van der Waals surface area contributed by atoms with Gasteiger partial charge in [0, 0.05) is 47.6 Å². The lowest BCUT2D eigenvalue weighted by Crippen LogP contribution is -2.49. The Balaban J connectivity index is 1.51. The first-order valence-electron chi connectivity index (χ1n) is 10.8. The maximum atomic E-state index is 14.6. The largest absolute Gasteiger partial charge is 0.369 e. The molecule has 1 N–H and O–H groups in total. The van der Waals surface area contributed by atoms with Crippen LogP contribution in [0.25, 0.3) is 0 Å². The molecule has 1 aliphatic heterocycles. The zero-order chi connectivity index (χ0) is 24.5. The number of aryl methyl sites for hydroxylation is 1. The number of anilines is 2. The molecule has 3 aromatic carbocycles. The predicted octanol–water partition coefficient (Wildman–Crippen LogP) is 4.97. The molecule has 1 heterocycles. The molecule has 4 rings (SSSR count). The van der Waals surface area contributed by atoms with Gasteiger partial charge in [0.15, 0.2) is 0 Å². The normalized spacial score (nSPS) is 14.8. The number of hydrogen-bond acceptors (Lipinski definition) is 4. The van der Waals surface area contributed by atoms with Crippen LogP contribution in [0.2, 0.25) is 0 Å². The van der Waals surface area contributed by atoms with Crippen molar-refractivity contribution in [3.05, 3.63) is 87.6 Å². The van der Waals surface area contributed by atoms with Crippen molar-refractivity contribution < 1.29 is 17.6 Å². The summed E-state index contributed by atoms with van der Waals surface area (Å²) < 4.78 is 43.3. The third-order valence-corrected chi connectivity index (χ3v) is 8.51. The molecule has 1 saturated heterocycles. The summed E-state index contributed by atoms with van der Waals surface area (Å²) in [6.07, 6.45) is 0. The van der Waals surface area contributed by atoms with Crippen LogP contribution < -0.4 is 10.2 Å². The molecule has 0 unspecified atom stereocenters. The second kappa shape index (κ2) is 9.85. The van der Waals surface area contributed by atoms with E-state index in [4.69, 9.17) is 0 Å². The number of rotatable bonds is 5. The Labute approximate surface area is 207 Å². The van der Waals surface area contributed by atoms with E-state index in [-0.39, 0.29) is 18.7 Å². The van der Waals surface area contributed by atoms with Crippen LogP contribution in [0.1, 0.15) is 21.5 Å². The summed E-state index contributed by atoms with van der Waals surface area (Å²) in [5.74, 6) is -1.39. The lowest BCUT2D eigenvalue weighted by molar-refractivity contribution is 0.102. The SMILES string of the molecule is Cc1cccc(N2CCN(S(=O)(=O)c3cc(C(=O)Nc4ccc(Br)cc4)ccc3F)CC2)c1C. The number of amides is 1. The van der Waals surface area contributed by atoms with Crippen molar-refractivity contribution in [1.82, 2.24) is 4.31 Å². The van der Waals surface area contributed by atoms with Crippen molar-refractivity contribution in [3.8, 4) is 0 Å². The van der Waals surface area contributed by atoms with Gasteiger partial charge in [0.25, 0.3) is 5.91 Å². The number of carbonyl (C=O) groups is 1. The minimum Gasteiger partial charge on any atom is -0.369 e. The first-order chi connectivity index (χ1) is 16.2. The number of piperazine rings is 1. The Morgan fingerprint density at radius 2 is 1.65 bits per heavy atom. The van der Waals surface area contributed by atoms with Gasteiger partial charge in [-0.05, 0) is 73.5 Å². The molecule has 34 heavy (non-hydrogen) atoms. The van der Waals surface area contributed by atoms with Gasteiger partial charge in [-0.15, -0.1) is 0 Å². The fourth-order valence-corrected chi connectivity index (χ4v) is 5.74. The highest BCUT2D eigenvalue weighted by Gasteiger charge is 2.31. The summed E-state index contributed by atoms with van der Waals surface area (Å²) >= 11 is 3.33. The third kappa shape index (κ3) is 5.01. The number of benzene rings is 3. The van der Waals surface area contributed by atoms with E-state index in [0.717, 1.165) is 27.9 Å². The van der Waals surface area contributed by atoms with E-state index < -0.39 is 26.6 Å². The second-order valence-electron chi connectivity index (χ2n) is 8.22. The van der Waals surface area contributed by atoms with E-state index in [2.05, 4.69) is 26.1 Å². The molecule has 0 aromatic heterocycles. The molecule has 0 radical (unpaired) electrons. The van der Waals surface area contributed by atoms with Crippen molar-refractivity contribution in [2.24, 2.45) is 0 Å². The van der Waals surface area contributed by atoms with E-state index in [0.29, 0.717) is 18.8 Å². The lowest BCUT2D eigenvalue weighted by atomic mass is 10.1. The molecular formula is C25H25BrFN3O3S. The summed E-state index contributed by atoms with van der Waals surface area (Å²) in [7, 11) is -4.11. The average molecular weight is 546 g/mol. The summed E-state index contributed by atoms with van der Waals surface area (Å²) in [6, 6.07) is 16.4. The average Bonchev–Trinajstić information content (AvgIpc) is 2.82. The third-order valence-electron chi connectivity index (χ3n) is 6.07. The Morgan fingerprint density at radius 1 is 0.971 bits per heavy atom. The molecule has 6 nitrogen and oxygen atoms in total. The van der Waals surface area contributed by atoms with Gasteiger partial charge < -0.3 is 10.2 Å². The van der Waals surface area contributed by atoms with Gasteiger partial charge in [0.1, 0.15) is 10.7 Å². The molecule has 0 spiro atoms. The summed E-state index contributed by atoms with van der Waals surface area (Å²) in [5.41, 5.74) is 4.03. The molecule has 0 atom stereocenters. The zero-order valence-corrected chi connectivity index (χ0v) is 21.3. The van der Waals surface area contributed by atoms with Crippen molar-refractivity contribution >= 4 is 43.2 Å². The summed E-state index contributed by atoms with van der Waals surface area (Å²) in [5, 5.41) is 2.70. The maximum absolute atomic E-state index is 14.6. The monoisotopic (exact) mass is 545 g/mol. The van der Waals surface area contributed by atoms with E-state index in [9.17, 15) is 17.6 Å². The minimum absolute atomic E-state index is 0.0666. The number of sulfonamides is 1. The molecule has 1 amide bonds. The fraction of sp³-hybridized carbons (Fsp3) is 0.240. The number of nitrogens with zero attached hydrogens (tertiary/aromatic N) is 2. The van der Waals surface area contributed by atoms with Crippen molar-refractivity contribution in [2.45, 2.75) is 18.7 Å². The number of halogens is 2. The molecule has 1 fully saturated rings. The Bertz CT molecular complexity index is 1320. The molecule has 1 aliphatic rings. The van der Waals surface area contributed by atoms with Crippen LogP contribution in [0.15, 0.2) is 70.0 Å². The van der Waals surface area contributed by atoms with Gasteiger partial charge in [-0.1, -0.05) is 28.1 Å². The van der Waals surface area contributed by atoms with Crippen LogP contribution in [0.4, 0.5) is 15.8 Å². The first-order valence-corrected chi connectivity index (χ1v) is 13.1. The summed E-state index contributed by atoms with van der Waals surface area (Å²) in [4.78, 5) is 14.3. The van der Waals surface area contributed by atoms with E-state index in [1.165, 1.54) is 15.9 Å². The molecule has 9 heteroatoms. The summed E-state index contributed by atoms with van der Waals surface area (Å²) in [6.45, 7) is 5.54. The molecular weight excluding hydrogens is 521 g/mol. The second-order valence-corrected chi connectivity index (χ2v) is 11.0. The van der Waals surface area contributed by atoms with Crippen LogP contribution in [-0.2, 0) is 10.0 Å². The van der Waals surface area contributed by atoms with Crippen molar-refractivity contribution in [2.75, 3.05) is 36.4 Å². The van der Waals surface area contributed by atoms with Crippen molar-refractivity contribution in [3.63, 3.8) is 0 Å². The van der Waals surface area contributed by atoms with E-state index >= 15 is 0 Å². The fourth-order valence-electron chi connectivity index (χ4n) is 3.97. The molecule has 0 aliphatic carbocycles. The molecule has 178 valence electrons. The Kier molecular flexibility index (Phi) is 7.06. The van der Waals surface area contributed by atoms with Gasteiger partial charge in [-0.2, -0.15) is 4.31 Å². The van der Waals surface area contributed by atoms with Gasteiger partial charge >= 0.3 is 0 Å². The van der Waals surface area contributed by atoms with Gasteiger partial charge in [-0.25, -0.2) is 12.8 Å². The maximum Gasteiger partial charge on any atom is 0.255 e. The van der Waals surface area contributed by atoms with E-state index in [1.54, 1.807) is 24.3 Å². The molecule has 0 saturated carbocycles. The highest BCUT2D eigenvalue weighted by molar-refractivity contribution is 9.10. The topological polar surface area (TPSA) is 69.7 Å². The van der Waals surface area contributed by atoms with Crippen LogP contribution >= 0.6 is 15.9 Å². The van der Waals surface area contributed by atoms with Crippen LogP contribution in [-0.4, -0.2) is 44.8 Å². The van der Waals surface area contributed by atoms with Crippen LogP contribution in [0, 0.1) is 19.7 Å². The molecule has 3 aromatic rings. The minimum atomic E-state index is -4.11. The van der Waals surface area contributed by atoms with Gasteiger partial charge in [0.05, 0.1) is 0 Å². The van der Waals surface area contributed by atoms with Crippen LogP contribution in [0.5, 0.6) is 0 Å².